The molecule has 4 atom stereocenters. The van der Waals surface area contributed by atoms with E-state index in [2.05, 4.69) is 15.4 Å². The summed E-state index contributed by atoms with van der Waals surface area (Å²) in [6, 6.07) is 1.67. The molecule has 126 valence electrons. The van der Waals surface area contributed by atoms with Crippen molar-refractivity contribution in [1.29, 1.82) is 5.26 Å². The van der Waals surface area contributed by atoms with Crippen LogP contribution >= 0.6 is 0 Å². The third-order valence-electron chi connectivity index (χ3n) is 4.71. The second-order valence-electron chi connectivity index (χ2n) is 6.40. The third kappa shape index (κ3) is 3.85. The zero-order chi connectivity index (χ0) is 16.2. The summed E-state index contributed by atoms with van der Waals surface area (Å²) in [5.74, 6) is 0.342. The number of likely N-dealkylation sites (tertiary alicyclic amines) is 1. The highest BCUT2D eigenvalue weighted by atomic mass is 19.1. The molecule has 0 bridgehead atoms. The molecule has 3 rings (SSSR count). The minimum absolute atomic E-state index is 0. The van der Waals surface area contributed by atoms with Gasteiger partial charge in [0, 0.05) is 20.4 Å². The number of hydrogen-bond donors (Lipinski definition) is 1. The SMILES string of the molecule is N#CC1C[C@H](F)CN1C(=O)CN[C@@H]1CC[C@H](Cn2cncn2)C1.[HH]. The monoisotopic (exact) mass is 322 g/mol. The van der Waals surface area contributed by atoms with Gasteiger partial charge in [-0.25, -0.2) is 9.37 Å². The van der Waals surface area contributed by atoms with E-state index in [-0.39, 0.29) is 32.9 Å². The minimum Gasteiger partial charge on any atom is -0.323 e. The molecule has 1 aliphatic carbocycles. The molecule has 0 aromatic carbocycles. The van der Waals surface area contributed by atoms with Crippen molar-refractivity contribution in [1.82, 2.24) is 25.0 Å². The van der Waals surface area contributed by atoms with Crippen LogP contribution in [0.25, 0.3) is 0 Å². The first kappa shape index (κ1) is 15.9. The van der Waals surface area contributed by atoms with Crippen molar-refractivity contribution in [2.75, 3.05) is 13.1 Å². The lowest BCUT2D eigenvalue weighted by Crippen LogP contribution is -2.43. The van der Waals surface area contributed by atoms with Gasteiger partial charge in [0.25, 0.3) is 0 Å². The largest absolute Gasteiger partial charge is 0.323 e. The molecule has 1 aromatic rings. The maximum Gasteiger partial charge on any atom is 0.237 e. The van der Waals surface area contributed by atoms with Crippen LogP contribution in [-0.2, 0) is 11.3 Å². The van der Waals surface area contributed by atoms with Crippen LogP contribution in [0.5, 0.6) is 0 Å². The van der Waals surface area contributed by atoms with Crippen molar-refractivity contribution in [3.63, 3.8) is 0 Å². The van der Waals surface area contributed by atoms with E-state index < -0.39 is 12.2 Å². The second-order valence-corrected chi connectivity index (χ2v) is 6.40. The summed E-state index contributed by atoms with van der Waals surface area (Å²) in [5, 5.41) is 16.4. The first-order valence-corrected chi connectivity index (χ1v) is 8.04. The van der Waals surface area contributed by atoms with Crippen LogP contribution < -0.4 is 5.32 Å². The van der Waals surface area contributed by atoms with Gasteiger partial charge in [0.2, 0.25) is 5.91 Å². The molecular weight excluding hydrogens is 299 g/mol. The van der Waals surface area contributed by atoms with E-state index in [1.807, 2.05) is 10.8 Å². The normalized spacial score (nSPS) is 30.5. The van der Waals surface area contributed by atoms with Crippen LogP contribution in [0.15, 0.2) is 12.7 Å². The molecule has 1 N–H and O–H groups in total. The predicted octanol–water partition coefficient (Wildman–Crippen LogP) is 0.745. The summed E-state index contributed by atoms with van der Waals surface area (Å²) in [6.45, 7) is 1.06. The number of carbonyl (C=O) groups is 1. The van der Waals surface area contributed by atoms with Crippen LogP contribution in [0.1, 0.15) is 27.1 Å². The van der Waals surface area contributed by atoms with Gasteiger partial charge in [0.15, 0.2) is 0 Å². The van der Waals surface area contributed by atoms with Crippen LogP contribution in [0.2, 0.25) is 0 Å². The van der Waals surface area contributed by atoms with E-state index in [1.165, 1.54) is 11.2 Å². The summed E-state index contributed by atoms with van der Waals surface area (Å²) in [4.78, 5) is 17.5. The number of nitrogens with zero attached hydrogens (tertiary/aromatic N) is 5. The molecule has 7 nitrogen and oxygen atoms in total. The number of amides is 1. The number of alkyl halides is 1. The Hall–Kier alpha value is -2.01. The fraction of sp³-hybridized carbons (Fsp3) is 0.733. The summed E-state index contributed by atoms with van der Waals surface area (Å²) in [6.07, 6.45) is 5.38. The van der Waals surface area contributed by atoms with Gasteiger partial charge in [0.05, 0.1) is 19.2 Å². The Labute approximate surface area is 136 Å². The van der Waals surface area contributed by atoms with Crippen LogP contribution in [-0.4, -0.2) is 56.9 Å². The summed E-state index contributed by atoms with van der Waals surface area (Å²) < 4.78 is 15.2. The van der Waals surface area contributed by atoms with E-state index >= 15 is 0 Å². The molecule has 1 aromatic heterocycles. The first-order valence-electron chi connectivity index (χ1n) is 8.04. The Morgan fingerprint density at radius 3 is 3.09 bits per heavy atom. The van der Waals surface area contributed by atoms with Crippen molar-refractivity contribution in [2.24, 2.45) is 5.92 Å². The lowest BCUT2D eigenvalue weighted by Gasteiger charge is -2.21. The third-order valence-corrected chi connectivity index (χ3v) is 4.71. The first-order chi connectivity index (χ1) is 11.2. The smallest absolute Gasteiger partial charge is 0.237 e. The van der Waals surface area contributed by atoms with Gasteiger partial charge in [-0.2, -0.15) is 10.4 Å². The molecular formula is C15H23FN6O. The van der Waals surface area contributed by atoms with E-state index in [4.69, 9.17) is 5.26 Å². The van der Waals surface area contributed by atoms with Crippen molar-refractivity contribution in [2.45, 2.75) is 50.5 Å². The number of nitrogens with one attached hydrogen (secondary N) is 1. The van der Waals surface area contributed by atoms with Gasteiger partial charge in [-0.05, 0) is 25.2 Å². The topological polar surface area (TPSA) is 86.8 Å². The Morgan fingerprint density at radius 1 is 1.48 bits per heavy atom. The highest BCUT2D eigenvalue weighted by Gasteiger charge is 2.35. The fourth-order valence-corrected chi connectivity index (χ4v) is 3.53. The van der Waals surface area contributed by atoms with Gasteiger partial charge < -0.3 is 10.2 Å². The van der Waals surface area contributed by atoms with E-state index in [9.17, 15) is 9.18 Å². The molecule has 2 aliphatic rings. The van der Waals surface area contributed by atoms with Crippen LogP contribution in [0, 0.1) is 17.2 Å². The van der Waals surface area contributed by atoms with Crippen molar-refractivity contribution in [3.8, 4) is 6.07 Å². The molecule has 1 amide bonds. The summed E-state index contributed by atoms with van der Waals surface area (Å²) in [7, 11) is 0. The Balaban J connectivity index is 0.00000208. The number of halogens is 1. The highest BCUT2D eigenvalue weighted by Crippen LogP contribution is 2.27. The van der Waals surface area contributed by atoms with Gasteiger partial charge in [-0.3, -0.25) is 9.48 Å². The molecule has 23 heavy (non-hydrogen) atoms. The number of rotatable bonds is 5. The zero-order valence-corrected chi connectivity index (χ0v) is 12.9. The zero-order valence-electron chi connectivity index (χ0n) is 12.9. The van der Waals surface area contributed by atoms with Crippen molar-refractivity contribution < 1.29 is 10.6 Å². The van der Waals surface area contributed by atoms with E-state index in [0.717, 1.165) is 25.8 Å². The Morgan fingerprint density at radius 2 is 2.35 bits per heavy atom. The fourth-order valence-electron chi connectivity index (χ4n) is 3.53. The van der Waals surface area contributed by atoms with Gasteiger partial charge in [-0.15, -0.1) is 0 Å². The number of hydrogen-bond acceptors (Lipinski definition) is 5. The quantitative estimate of drug-likeness (QED) is 0.864. The predicted molar refractivity (Wildman–Crippen MR) is 81.9 cm³/mol. The molecule has 1 unspecified atom stereocenters. The van der Waals surface area contributed by atoms with Crippen LogP contribution in [0.3, 0.4) is 0 Å². The molecule has 1 aliphatic heterocycles. The summed E-state index contributed by atoms with van der Waals surface area (Å²) >= 11 is 0. The maximum atomic E-state index is 13.4. The molecule has 2 heterocycles. The van der Waals surface area contributed by atoms with Crippen molar-refractivity contribution in [3.05, 3.63) is 12.7 Å². The number of aromatic nitrogens is 3. The molecule has 8 heteroatoms. The molecule has 2 fully saturated rings. The lowest BCUT2D eigenvalue weighted by atomic mass is 10.1. The number of nitriles is 1. The molecule has 1 saturated heterocycles. The van der Waals surface area contributed by atoms with Gasteiger partial charge in [0.1, 0.15) is 24.9 Å². The maximum absolute atomic E-state index is 13.4. The average molecular weight is 322 g/mol. The van der Waals surface area contributed by atoms with Crippen molar-refractivity contribution >= 4 is 5.91 Å². The standard InChI is InChI=1S/C15H21FN6O.H2/c16-12-4-14(5-17)22(8-12)15(23)6-19-13-2-1-11(3-13)7-21-10-18-9-20-21;/h9-14,19H,1-4,6-8H2;1H/t11-,12-,13+,14?;/m0./s1. The van der Waals surface area contributed by atoms with E-state index in [0.29, 0.717) is 5.92 Å². The minimum atomic E-state index is -1.08. The van der Waals surface area contributed by atoms with Gasteiger partial charge in [-0.1, -0.05) is 0 Å². The van der Waals surface area contributed by atoms with Crippen LogP contribution in [0.4, 0.5) is 4.39 Å². The Bertz CT molecular complexity index is 577. The molecule has 0 spiro atoms. The lowest BCUT2D eigenvalue weighted by molar-refractivity contribution is -0.130. The molecule has 0 radical (unpaired) electrons. The second kappa shape index (κ2) is 7.04. The highest BCUT2D eigenvalue weighted by molar-refractivity contribution is 5.79. The van der Waals surface area contributed by atoms with Gasteiger partial charge >= 0.3 is 0 Å². The van der Waals surface area contributed by atoms with E-state index in [1.54, 1.807) is 6.33 Å². The average Bonchev–Trinajstić information content (AvgIpc) is 3.26. The molecule has 1 saturated carbocycles. The number of carbonyl (C=O) groups excluding carboxylic acids is 1. The Kier molecular flexibility index (Phi) is 4.86. The summed E-state index contributed by atoms with van der Waals surface area (Å²) in [5.41, 5.74) is 0.